The zero-order valence-electron chi connectivity index (χ0n) is 11.8. The summed E-state index contributed by atoms with van der Waals surface area (Å²) in [6, 6.07) is 5.39. The van der Waals surface area contributed by atoms with E-state index in [2.05, 4.69) is 19.2 Å². The van der Waals surface area contributed by atoms with Gasteiger partial charge in [-0.25, -0.2) is 4.39 Å². The highest BCUT2D eigenvalue weighted by atomic mass is 35.5. The number of nitrogens with one attached hydrogen (secondary N) is 1. The number of halogens is 2. The maximum Gasteiger partial charge on any atom is 0.145 e. The summed E-state index contributed by atoms with van der Waals surface area (Å²) in [7, 11) is 0. The lowest BCUT2D eigenvalue weighted by atomic mass is 9.57. The van der Waals surface area contributed by atoms with Crippen molar-refractivity contribution in [3.8, 4) is 0 Å². The lowest BCUT2D eigenvalue weighted by molar-refractivity contribution is 0.130. The minimum Gasteiger partial charge on any atom is -0.316 e. The fraction of sp³-hybridized carbons (Fsp3) is 0.625. The maximum absolute atomic E-state index is 14.3. The summed E-state index contributed by atoms with van der Waals surface area (Å²) in [5.74, 6) is 0.499. The Morgan fingerprint density at radius 3 is 2.74 bits per heavy atom. The lowest BCUT2D eigenvalue weighted by Crippen LogP contribution is -2.49. The molecule has 1 fully saturated rings. The molecule has 0 saturated heterocycles. The molecule has 1 N–H and O–H groups in total. The highest BCUT2D eigenvalue weighted by Crippen LogP contribution is 2.50. The van der Waals surface area contributed by atoms with Gasteiger partial charge in [0.2, 0.25) is 0 Å². The largest absolute Gasteiger partial charge is 0.316 e. The molecular formula is C16H23ClFN. The van der Waals surface area contributed by atoms with Crippen LogP contribution in [0.4, 0.5) is 4.39 Å². The van der Waals surface area contributed by atoms with Crippen LogP contribution in [0.25, 0.3) is 0 Å². The third-order valence-corrected chi connectivity index (χ3v) is 4.64. The molecule has 0 bridgehead atoms. The van der Waals surface area contributed by atoms with E-state index < -0.39 is 0 Å². The van der Waals surface area contributed by atoms with Gasteiger partial charge in [-0.2, -0.15) is 0 Å². The van der Waals surface area contributed by atoms with E-state index in [-0.39, 0.29) is 16.3 Å². The van der Waals surface area contributed by atoms with E-state index in [9.17, 15) is 4.39 Å². The summed E-state index contributed by atoms with van der Waals surface area (Å²) in [5.41, 5.74) is 0.749. The van der Waals surface area contributed by atoms with E-state index in [1.807, 2.05) is 12.1 Å². The van der Waals surface area contributed by atoms with Crippen molar-refractivity contribution in [3.05, 3.63) is 34.6 Å². The summed E-state index contributed by atoms with van der Waals surface area (Å²) in [4.78, 5) is 0. The van der Waals surface area contributed by atoms with Crippen molar-refractivity contribution in [2.24, 2.45) is 5.92 Å². The van der Waals surface area contributed by atoms with Gasteiger partial charge in [-0.05, 0) is 43.4 Å². The topological polar surface area (TPSA) is 12.0 Å². The molecule has 1 aliphatic rings. The zero-order valence-corrected chi connectivity index (χ0v) is 12.6. The minimum atomic E-state index is -0.225. The maximum atomic E-state index is 14.3. The third kappa shape index (κ3) is 2.95. The Kier molecular flexibility index (Phi) is 4.86. The van der Waals surface area contributed by atoms with Gasteiger partial charge in [0.1, 0.15) is 5.82 Å². The van der Waals surface area contributed by atoms with Crippen molar-refractivity contribution in [2.45, 2.75) is 44.9 Å². The Labute approximate surface area is 120 Å². The molecule has 0 heterocycles. The van der Waals surface area contributed by atoms with E-state index in [0.717, 1.165) is 43.8 Å². The van der Waals surface area contributed by atoms with Crippen LogP contribution in [0.3, 0.4) is 0 Å². The first kappa shape index (κ1) is 14.8. The van der Waals surface area contributed by atoms with Crippen LogP contribution in [0, 0.1) is 11.7 Å². The molecule has 2 rings (SSSR count). The number of hydrogen-bond donors (Lipinski definition) is 1. The first-order valence-corrected chi connectivity index (χ1v) is 7.66. The van der Waals surface area contributed by atoms with Gasteiger partial charge in [0.05, 0.1) is 5.02 Å². The number of hydrogen-bond acceptors (Lipinski definition) is 1. The van der Waals surface area contributed by atoms with Crippen molar-refractivity contribution in [2.75, 3.05) is 13.1 Å². The molecule has 1 aromatic carbocycles. The van der Waals surface area contributed by atoms with Gasteiger partial charge >= 0.3 is 0 Å². The predicted octanol–water partition coefficient (Wildman–Crippen LogP) is 4.54. The van der Waals surface area contributed by atoms with Gasteiger partial charge < -0.3 is 5.32 Å². The van der Waals surface area contributed by atoms with E-state index in [0.29, 0.717) is 0 Å². The van der Waals surface area contributed by atoms with Gasteiger partial charge in [-0.3, -0.25) is 0 Å². The van der Waals surface area contributed by atoms with Gasteiger partial charge in [-0.1, -0.05) is 44.0 Å². The van der Waals surface area contributed by atoms with E-state index in [1.165, 1.54) is 6.42 Å². The summed E-state index contributed by atoms with van der Waals surface area (Å²) in [6.45, 7) is 6.20. The molecule has 0 amide bonds. The van der Waals surface area contributed by atoms with Crippen LogP contribution in [0.5, 0.6) is 0 Å². The summed E-state index contributed by atoms with van der Waals surface area (Å²) >= 11 is 5.94. The van der Waals surface area contributed by atoms with Gasteiger partial charge in [0.15, 0.2) is 0 Å². The van der Waals surface area contributed by atoms with E-state index in [4.69, 9.17) is 11.6 Å². The van der Waals surface area contributed by atoms with Crippen molar-refractivity contribution in [1.29, 1.82) is 0 Å². The number of benzene rings is 1. The van der Waals surface area contributed by atoms with Crippen molar-refractivity contribution in [3.63, 3.8) is 0 Å². The smallest absolute Gasteiger partial charge is 0.145 e. The summed E-state index contributed by atoms with van der Waals surface area (Å²) < 4.78 is 14.3. The van der Waals surface area contributed by atoms with Gasteiger partial charge in [-0.15, -0.1) is 0 Å². The predicted molar refractivity (Wildman–Crippen MR) is 79.3 cm³/mol. The average molecular weight is 284 g/mol. The van der Waals surface area contributed by atoms with Crippen LogP contribution >= 0.6 is 11.6 Å². The molecule has 0 atom stereocenters. The highest BCUT2D eigenvalue weighted by molar-refractivity contribution is 6.30. The summed E-state index contributed by atoms with van der Waals surface area (Å²) in [5, 5.41) is 3.70. The first-order valence-electron chi connectivity index (χ1n) is 7.28. The van der Waals surface area contributed by atoms with Crippen LogP contribution in [-0.4, -0.2) is 13.1 Å². The number of rotatable bonds is 6. The molecule has 0 unspecified atom stereocenters. The molecule has 1 aromatic rings. The van der Waals surface area contributed by atoms with Crippen LogP contribution in [0.2, 0.25) is 5.02 Å². The molecule has 3 heteroatoms. The molecule has 0 aromatic heterocycles. The molecule has 0 aliphatic heterocycles. The molecule has 1 aliphatic carbocycles. The second kappa shape index (κ2) is 6.23. The Morgan fingerprint density at radius 2 is 2.11 bits per heavy atom. The minimum absolute atomic E-state index is 0.0508. The monoisotopic (exact) mass is 283 g/mol. The second-order valence-corrected chi connectivity index (χ2v) is 6.15. The van der Waals surface area contributed by atoms with Crippen LogP contribution in [0.15, 0.2) is 18.2 Å². The first-order chi connectivity index (χ1) is 9.13. The van der Waals surface area contributed by atoms with E-state index >= 15 is 0 Å². The molecule has 1 saturated carbocycles. The Bertz CT molecular complexity index is 427. The molecule has 0 radical (unpaired) electrons. The fourth-order valence-electron chi connectivity index (χ4n) is 3.21. The van der Waals surface area contributed by atoms with Crippen LogP contribution in [0.1, 0.15) is 45.1 Å². The summed E-state index contributed by atoms with van der Waals surface area (Å²) in [6.07, 6.45) is 4.41. The van der Waals surface area contributed by atoms with Crippen molar-refractivity contribution < 1.29 is 4.39 Å². The fourth-order valence-corrected chi connectivity index (χ4v) is 3.39. The van der Waals surface area contributed by atoms with Crippen molar-refractivity contribution >= 4 is 11.6 Å². The average Bonchev–Trinajstić information content (AvgIpc) is 2.36. The van der Waals surface area contributed by atoms with Gasteiger partial charge in [0.25, 0.3) is 0 Å². The SMILES string of the molecule is CCCNCC1(c2cccc(Cl)c2F)CC(CC)C1. The van der Waals surface area contributed by atoms with Crippen molar-refractivity contribution in [1.82, 2.24) is 5.32 Å². The lowest BCUT2D eigenvalue weighted by Gasteiger charge is -2.48. The highest BCUT2D eigenvalue weighted by Gasteiger charge is 2.45. The Hall–Kier alpha value is -0.600. The molecule has 19 heavy (non-hydrogen) atoms. The molecule has 1 nitrogen and oxygen atoms in total. The third-order valence-electron chi connectivity index (χ3n) is 4.35. The quantitative estimate of drug-likeness (QED) is 0.756. The Balaban J connectivity index is 2.20. The molecular weight excluding hydrogens is 261 g/mol. The standard InChI is InChI=1S/C16H23ClFN/c1-3-8-19-11-16(9-12(4-2)10-16)13-6-5-7-14(17)15(13)18/h5-7,12,19H,3-4,8-11H2,1-2H3. The molecule has 106 valence electrons. The second-order valence-electron chi connectivity index (χ2n) is 5.74. The van der Waals surface area contributed by atoms with Crippen LogP contribution < -0.4 is 5.32 Å². The van der Waals surface area contributed by atoms with Gasteiger partial charge in [0, 0.05) is 12.0 Å². The van der Waals surface area contributed by atoms with Crippen LogP contribution in [-0.2, 0) is 5.41 Å². The normalized spacial score (nSPS) is 26.2. The van der Waals surface area contributed by atoms with E-state index in [1.54, 1.807) is 6.07 Å². The molecule has 0 spiro atoms. The Morgan fingerprint density at radius 1 is 1.37 bits per heavy atom. The zero-order chi connectivity index (χ0) is 13.9.